The second kappa shape index (κ2) is 5.97. The van der Waals surface area contributed by atoms with Gasteiger partial charge in [0.15, 0.2) is 0 Å². The third-order valence-corrected chi connectivity index (χ3v) is 2.79. The molecule has 6 nitrogen and oxygen atoms in total. The highest BCUT2D eigenvalue weighted by Crippen LogP contribution is 2.10. The number of aromatic amines is 1. The van der Waals surface area contributed by atoms with Crippen LogP contribution in [0.5, 0.6) is 0 Å². The number of carbonyl (C=O) groups excluding carboxylic acids is 1. The van der Waals surface area contributed by atoms with Crippen molar-refractivity contribution in [2.45, 2.75) is 26.1 Å². The van der Waals surface area contributed by atoms with Crippen molar-refractivity contribution >= 4 is 5.91 Å². The van der Waals surface area contributed by atoms with Crippen molar-refractivity contribution in [1.82, 2.24) is 15.1 Å². The van der Waals surface area contributed by atoms with E-state index in [-0.39, 0.29) is 18.1 Å². The molecule has 0 aromatic carbocycles. The summed E-state index contributed by atoms with van der Waals surface area (Å²) in [5.41, 5.74) is 0.584. The van der Waals surface area contributed by atoms with Gasteiger partial charge in [-0.15, -0.1) is 0 Å². The van der Waals surface area contributed by atoms with Crippen LogP contribution >= 0.6 is 0 Å². The van der Waals surface area contributed by atoms with Crippen LogP contribution in [0, 0.1) is 0 Å². The van der Waals surface area contributed by atoms with Gasteiger partial charge in [-0.1, -0.05) is 0 Å². The number of nitrogens with zero attached hydrogens (tertiary/aromatic N) is 2. The summed E-state index contributed by atoms with van der Waals surface area (Å²) < 4.78 is 11.1. The van der Waals surface area contributed by atoms with Gasteiger partial charge >= 0.3 is 0 Å². The van der Waals surface area contributed by atoms with Crippen LogP contribution < -0.4 is 0 Å². The highest BCUT2D eigenvalue weighted by Gasteiger charge is 2.25. The first-order chi connectivity index (χ1) is 8.66. The number of H-pyrrole nitrogens is 1. The maximum atomic E-state index is 12.1. The Bertz CT molecular complexity index is 378. The largest absolute Gasteiger partial charge is 0.376 e. The van der Waals surface area contributed by atoms with Gasteiger partial charge in [0, 0.05) is 19.3 Å². The number of hydrogen-bond acceptors (Lipinski definition) is 4. The average molecular weight is 253 g/mol. The van der Waals surface area contributed by atoms with Crippen molar-refractivity contribution in [2.75, 3.05) is 26.3 Å². The molecular formula is C12H19N3O3. The van der Waals surface area contributed by atoms with Gasteiger partial charge in [-0.25, -0.2) is 0 Å². The van der Waals surface area contributed by atoms with E-state index >= 15 is 0 Å². The molecule has 0 aliphatic carbocycles. The minimum atomic E-state index is -0.0444. The van der Waals surface area contributed by atoms with Crippen molar-refractivity contribution in [2.24, 2.45) is 0 Å². The summed E-state index contributed by atoms with van der Waals surface area (Å²) in [6, 6.07) is 0. The number of rotatable bonds is 4. The molecule has 1 atom stereocenters. The van der Waals surface area contributed by atoms with Gasteiger partial charge in [-0.2, -0.15) is 5.10 Å². The van der Waals surface area contributed by atoms with Crippen LogP contribution in [0.25, 0.3) is 0 Å². The molecule has 1 aliphatic heterocycles. The van der Waals surface area contributed by atoms with E-state index in [0.29, 0.717) is 31.9 Å². The van der Waals surface area contributed by atoms with Crippen LogP contribution in [-0.4, -0.2) is 59.5 Å². The Morgan fingerprint density at radius 3 is 3.22 bits per heavy atom. The average Bonchev–Trinajstić information content (AvgIpc) is 2.89. The molecule has 1 N–H and O–H groups in total. The lowest BCUT2D eigenvalue weighted by Gasteiger charge is -2.32. The Balaban J connectivity index is 1.88. The van der Waals surface area contributed by atoms with Crippen LogP contribution in [0.1, 0.15) is 24.2 Å². The second-order valence-electron chi connectivity index (χ2n) is 4.61. The van der Waals surface area contributed by atoms with Crippen LogP contribution in [0.2, 0.25) is 0 Å². The zero-order chi connectivity index (χ0) is 13.0. The van der Waals surface area contributed by atoms with E-state index in [9.17, 15) is 4.79 Å². The Kier molecular flexibility index (Phi) is 4.33. The first-order valence-corrected chi connectivity index (χ1v) is 6.18. The molecule has 18 heavy (non-hydrogen) atoms. The van der Waals surface area contributed by atoms with Gasteiger partial charge < -0.3 is 14.4 Å². The predicted octanol–water partition coefficient (Wildman–Crippen LogP) is 0.676. The maximum absolute atomic E-state index is 12.1. The molecule has 0 spiro atoms. The molecule has 100 valence electrons. The summed E-state index contributed by atoms with van der Waals surface area (Å²) in [6.07, 6.45) is 3.28. The standard InChI is InChI=1S/C12H19N3O3/c1-9(2)18-8-11-7-15(3-4-17-11)12(16)10-5-13-14-6-10/h5-6,9,11H,3-4,7-8H2,1-2H3,(H,13,14). The zero-order valence-electron chi connectivity index (χ0n) is 10.8. The van der Waals surface area contributed by atoms with Gasteiger partial charge in [0.1, 0.15) is 0 Å². The number of ether oxygens (including phenoxy) is 2. The highest BCUT2D eigenvalue weighted by atomic mass is 16.5. The van der Waals surface area contributed by atoms with E-state index in [1.165, 1.54) is 6.20 Å². The monoisotopic (exact) mass is 253 g/mol. The van der Waals surface area contributed by atoms with Crippen molar-refractivity contribution in [3.63, 3.8) is 0 Å². The van der Waals surface area contributed by atoms with Gasteiger partial charge in [-0.3, -0.25) is 9.89 Å². The minimum absolute atomic E-state index is 0.0124. The number of carbonyl (C=O) groups is 1. The lowest BCUT2D eigenvalue weighted by atomic mass is 10.2. The van der Waals surface area contributed by atoms with Crippen LogP contribution in [0.4, 0.5) is 0 Å². The molecule has 1 aliphatic rings. The summed E-state index contributed by atoms with van der Waals surface area (Å²) >= 11 is 0. The first kappa shape index (κ1) is 13.0. The Morgan fingerprint density at radius 1 is 1.72 bits per heavy atom. The van der Waals surface area contributed by atoms with Gasteiger partial charge in [0.2, 0.25) is 0 Å². The molecule has 1 amide bonds. The molecular weight excluding hydrogens is 234 g/mol. The number of hydrogen-bond donors (Lipinski definition) is 1. The zero-order valence-corrected chi connectivity index (χ0v) is 10.8. The van der Waals surface area contributed by atoms with Crippen LogP contribution in [0.3, 0.4) is 0 Å². The summed E-state index contributed by atoms with van der Waals surface area (Å²) in [4.78, 5) is 13.9. The van der Waals surface area contributed by atoms with Crippen molar-refractivity contribution in [3.05, 3.63) is 18.0 Å². The quantitative estimate of drug-likeness (QED) is 0.856. The lowest BCUT2D eigenvalue weighted by molar-refractivity contribution is -0.0725. The van der Waals surface area contributed by atoms with E-state index in [0.717, 1.165) is 0 Å². The molecule has 1 unspecified atom stereocenters. The molecule has 2 rings (SSSR count). The van der Waals surface area contributed by atoms with E-state index in [4.69, 9.17) is 9.47 Å². The van der Waals surface area contributed by atoms with Gasteiger partial charge in [0.25, 0.3) is 5.91 Å². The fourth-order valence-corrected chi connectivity index (χ4v) is 1.85. The molecule has 2 heterocycles. The number of nitrogens with one attached hydrogen (secondary N) is 1. The summed E-state index contributed by atoms with van der Waals surface area (Å²) in [6.45, 7) is 6.22. The molecule has 0 radical (unpaired) electrons. The Morgan fingerprint density at radius 2 is 2.56 bits per heavy atom. The SMILES string of the molecule is CC(C)OCC1CN(C(=O)c2cn[nH]c2)CCO1. The Hall–Kier alpha value is -1.40. The Labute approximate surface area is 106 Å². The molecule has 0 saturated carbocycles. The van der Waals surface area contributed by atoms with Crippen LogP contribution in [0.15, 0.2) is 12.4 Å². The van der Waals surface area contributed by atoms with E-state index in [1.54, 1.807) is 11.1 Å². The van der Waals surface area contributed by atoms with Crippen molar-refractivity contribution in [1.29, 1.82) is 0 Å². The van der Waals surface area contributed by atoms with Crippen molar-refractivity contribution in [3.8, 4) is 0 Å². The lowest BCUT2D eigenvalue weighted by Crippen LogP contribution is -2.47. The molecule has 1 aromatic rings. The summed E-state index contributed by atoms with van der Waals surface area (Å²) in [7, 11) is 0. The fraction of sp³-hybridized carbons (Fsp3) is 0.667. The van der Waals surface area contributed by atoms with Gasteiger partial charge in [-0.05, 0) is 13.8 Å². The number of amides is 1. The third-order valence-electron chi connectivity index (χ3n) is 2.79. The molecule has 1 aromatic heterocycles. The topological polar surface area (TPSA) is 67.5 Å². The first-order valence-electron chi connectivity index (χ1n) is 6.18. The summed E-state index contributed by atoms with van der Waals surface area (Å²) in [5.74, 6) is -0.0124. The van der Waals surface area contributed by atoms with E-state index in [1.807, 2.05) is 13.8 Å². The normalized spacial score (nSPS) is 20.4. The van der Waals surface area contributed by atoms with Gasteiger partial charge in [0.05, 0.1) is 37.2 Å². The highest BCUT2D eigenvalue weighted by molar-refractivity contribution is 5.93. The van der Waals surface area contributed by atoms with Crippen LogP contribution in [-0.2, 0) is 9.47 Å². The molecule has 1 saturated heterocycles. The number of morpholine rings is 1. The fourth-order valence-electron chi connectivity index (χ4n) is 1.85. The maximum Gasteiger partial charge on any atom is 0.257 e. The van der Waals surface area contributed by atoms with Crippen molar-refractivity contribution < 1.29 is 14.3 Å². The molecule has 1 fully saturated rings. The molecule has 0 bridgehead atoms. The second-order valence-corrected chi connectivity index (χ2v) is 4.61. The predicted molar refractivity (Wildman–Crippen MR) is 65.3 cm³/mol. The number of aromatic nitrogens is 2. The van der Waals surface area contributed by atoms with E-state index in [2.05, 4.69) is 10.2 Å². The molecule has 6 heteroatoms. The third kappa shape index (κ3) is 3.30. The van der Waals surface area contributed by atoms with E-state index < -0.39 is 0 Å². The smallest absolute Gasteiger partial charge is 0.257 e. The summed E-state index contributed by atoms with van der Waals surface area (Å²) in [5, 5.41) is 6.44. The minimum Gasteiger partial charge on any atom is -0.376 e.